The van der Waals surface area contributed by atoms with E-state index in [2.05, 4.69) is 5.32 Å². The first kappa shape index (κ1) is 20.2. The second kappa shape index (κ2) is 7.14. The number of rotatable bonds is 3. The number of hydrogen-bond acceptors (Lipinski definition) is 5. The number of hydrogen-bond donors (Lipinski definition) is 2. The molecule has 1 aliphatic rings. The number of fused-ring (bicyclic) bond motifs is 2. The molecular formula is C19H16F3NO4S. The van der Waals surface area contributed by atoms with Crippen molar-refractivity contribution in [2.45, 2.75) is 29.3 Å². The summed E-state index contributed by atoms with van der Waals surface area (Å²) in [5, 5.41) is 11.6. The number of thioether (sulfide) groups is 1. The lowest BCUT2D eigenvalue weighted by atomic mass is 9.96. The predicted octanol–water partition coefficient (Wildman–Crippen LogP) is 3.78. The maximum absolute atomic E-state index is 13.1. The third-order valence-corrected chi connectivity index (χ3v) is 5.54. The van der Waals surface area contributed by atoms with E-state index >= 15 is 0 Å². The number of nitrogens with one attached hydrogen (secondary N) is 1. The van der Waals surface area contributed by atoms with Crippen LogP contribution in [0, 0.1) is 0 Å². The van der Waals surface area contributed by atoms with Crippen molar-refractivity contribution in [3.8, 4) is 5.75 Å². The maximum atomic E-state index is 13.1. The smallest absolute Gasteiger partial charge is 0.426 e. The molecule has 28 heavy (non-hydrogen) atoms. The molecule has 5 nitrogen and oxygen atoms in total. The lowest BCUT2D eigenvalue weighted by Gasteiger charge is -2.25. The van der Waals surface area contributed by atoms with Gasteiger partial charge in [-0.25, -0.2) is 0 Å². The number of amides is 1. The topological polar surface area (TPSA) is 75.6 Å². The Hall–Kier alpha value is -2.52. The van der Waals surface area contributed by atoms with Crippen LogP contribution in [-0.2, 0) is 10.5 Å². The van der Waals surface area contributed by atoms with E-state index in [-0.39, 0.29) is 11.3 Å². The lowest BCUT2D eigenvalue weighted by molar-refractivity contribution is -0.242. The van der Waals surface area contributed by atoms with E-state index in [1.807, 2.05) is 0 Å². The summed E-state index contributed by atoms with van der Waals surface area (Å²) in [5.41, 5.74) is -2.65. The summed E-state index contributed by atoms with van der Waals surface area (Å²) in [6.07, 6.45) is -5.16. The zero-order valence-electron chi connectivity index (χ0n) is 14.9. The number of anilines is 1. The van der Waals surface area contributed by atoms with Gasteiger partial charge in [-0.1, -0.05) is 12.1 Å². The number of ketones is 1. The highest BCUT2D eigenvalue weighted by Gasteiger charge is 2.55. The minimum atomic E-state index is -5.16. The van der Waals surface area contributed by atoms with Gasteiger partial charge < -0.3 is 15.2 Å². The molecule has 0 saturated heterocycles. The molecule has 1 aliphatic heterocycles. The van der Waals surface area contributed by atoms with E-state index in [1.165, 1.54) is 31.0 Å². The molecule has 9 heteroatoms. The summed E-state index contributed by atoms with van der Waals surface area (Å²) < 4.78 is 44.0. The molecule has 2 aromatic rings. The molecule has 0 saturated carbocycles. The molecule has 0 spiro atoms. The Kier molecular flexibility index (Phi) is 5.16. The number of halogens is 3. The molecule has 1 heterocycles. The number of aliphatic hydroxyl groups is 1. The Balaban J connectivity index is 2.03. The molecule has 2 N–H and O–H groups in total. The predicted molar refractivity (Wildman–Crippen MR) is 97.7 cm³/mol. The SMILES string of the molecule is COc1ccc2c(c1)SCc1cccc(NC(=O)C(C)(O)C(F)(F)F)c1C2=O. The van der Waals surface area contributed by atoms with Crippen LogP contribution in [0.1, 0.15) is 28.4 Å². The van der Waals surface area contributed by atoms with E-state index in [0.29, 0.717) is 34.4 Å². The van der Waals surface area contributed by atoms with Crippen LogP contribution in [0.3, 0.4) is 0 Å². The Bertz CT molecular complexity index is 957. The van der Waals surface area contributed by atoms with Gasteiger partial charge in [-0.05, 0) is 36.8 Å². The number of carbonyl (C=O) groups excluding carboxylic acids is 2. The molecule has 0 aromatic heterocycles. The number of ether oxygens (including phenoxy) is 1. The normalized spacial score (nSPS) is 15.7. The summed E-state index contributed by atoms with van der Waals surface area (Å²) in [6.45, 7) is 0.364. The van der Waals surface area contributed by atoms with Gasteiger partial charge >= 0.3 is 6.18 Å². The largest absolute Gasteiger partial charge is 0.497 e. The maximum Gasteiger partial charge on any atom is 0.426 e. The van der Waals surface area contributed by atoms with Gasteiger partial charge in [-0.15, -0.1) is 11.8 Å². The van der Waals surface area contributed by atoms with Crippen molar-refractivity contribution in [1.29, 1.82) is 0 Å². The van der Waals surface area contributed by atoms with Crippen molar-refractivity contribution >= 4 is 29.1 Å². The van der Waals surface area contributed by atoms with Gasteiger partial charge in [0.2, 0.25) is 5.60 Å². The average molecular weight is 411 g/mol. The first-order valence-corrected chi connectivity index (χ1v) is 9.13. The van der Waals surface area contributed by atoms with E-state index in [9.17, 15) is 27.9 Å². The van der Waals surface area contributed by atoms with Gasteiger partial charge in [0.15, 0.2) is 5.78 Å². The van der Waals surface area contributed by atoms with E-state index in [0.717, 1.165) is 0 Å². The second-order valence-electron chi connectivity index (χ2n) is 6.34. The van der Waals surface area contributed by atoms with E-state index < -0.39 is 23.5 Å². The lowest BCUT2D eigenvalue weighted by Crippen LogP contribution is -2.52. The molecular weight excluding hydrogens is 395 g/mol. The summed E-state index contributed by atoms with van der Waals surface area (Å²) in [4.78, 5) is 25.8. The number of methoxy groups -OCH3 is 1. The summed E-state index contributed by atoms with van der Waals surface area (Å²) in [6, 6.07) is 9.42. The van der Waals surface area contributed by atoms with Crippen LogP contribution in [0.25, 0.3) is 0 Å². The molecule has 148 valence electrons. The fourth-order valence-corrected chi connectivity index (χ4v) is 3.76. The Morgan fingerprint density at radius 1 is 1.25 bits per heavy atom. The Morgan fingerprint density at radius 2 is 1.96 bits per heavy atom. The minimum Gasteiger partial charge on any atom is -0.497 e. The van der Waals surface area contributed by atoms with Crippen molar-refractivity contribution in [2.75, 3.05) is 12.4 Å². The van der Waals surface area contributed by atoms with Crippen molar-refractivity contribution in [3.63, 3.8) is 0 Å². The van der Waals surface area contributed by atoms with Crippen molar-refractivity contribution in [1.82, 2.24) is 0 Å². The molecule has 1 amide bonds. The van der Waals surface area contributed by atoms with Gasteiger partial charge in [0.1, 0.15) is 5.75 Å². The van der Waals surface area contributed by atoms with Gasteiger partial charge in [0, 0.05) is 16.2 Å². The minimum absolute atomic E-state index is 0.0821. The quantitative estimate of drug-likeness (QED) is 0.804. The molecule has 2 aromatic carbocycles. The van der Waals surface area contributed by atoms with Crippen LogP contribution in [-0.4, -0.2) is 35.7 Å². The molecule has 0 bridgehead atoms. The fraction of sp³-hybridized carbons (Fsp3) is 0.263. The van der Waals surface area contributed by atoms with Crippen LogP contribution >= 0.6 is 11.8 Å². The molecule has 1 unspecified atom stereocenters. The monoisotopic (exact) mass is 411 g/mol. The Morgan fingerprint density at radius 3 is 2.61 bits per heavy atom. The standard InChI is InChI=1S/C19H16F3NO4S/c1-18(26,19(20,21)22)17(25)23-13-5-3-4-10-9-28-14-8-11(27-2)6-7-12(14)16(24)15(10)13/h3-8,26H,9H2,1-2H3,(H,23,25). The van der Waals surface area contributed by atoms with E-state index in [1.54, 1.807) is 24.3 Å². The summed E-state index contributed by atoms with van der Waals surface area (Å²) in [7, 11) is 1.50. The van der Waals surface area contributed by atoms with E-state index in [4.69, 9.17) is 4.74 Å². The number of carbonyl (C=O) groups is 2. The van der Waals surface area contributed by atoms with Gasteiger partial charge in [-0.3, -0.25) is 9.59 Å². The van der Waals surface area contributed by atoms with Crippen LogP contribution < -0.4 is 10.1 Å². The number of benzene rings is 2. The highest BCUT2D eigenvalue weighted by Crippen LogP contribution is 2.39. The van der Waals surface area contributed by atoms with Crippen LogP contribution in [0.2, 0.25) is 0 Å². The van der Waals surface area contributed by atoms with Gasteiger partial charge in [0.25, 0.3) is 5.91 Å². The van der Waals surface area contributed by atoms with Crippen molar-refractivity contribution < 1.29 is 32.6 Å². The summed E-state index contributed by atoms with van der Waals surface area (Å²) >= 11 is 1.38. The van der Waals surface area contributed by atoms with Crippen LogP contribution in [0.15, 0.2) is 41.3 Å². The van der Waals surface area contributed by atoms with Crippen LogP contribution in [0.5, 0.6) is 5.75 Å². The molecule has 0 radical (unpaired) electrons. The zero-order chi connectivity index (χ0) is 20.7. The van der Waals surface area contributed by atoms with Crippen molar-refractivity contribution in [2.24, 2.45) is 0 Å². The zero-order valence-corrected chi connectivity index (χ0v) is 15.7. The average Bonchev–Trinajstić information content (AvgIpc) is 2.78. The Labute approximate surface area is 162 Å². The second-order valence-corrected chi connectivity index (χ2v) is 7.36. The van der Waals surface area contributed by atoms with Gasteiger partial charge in [-0.2, -0.15) is 13.2 Å². The first-order chi connectivity index (χ1) is 13.1. The molecule has 0 aliphatic carbocycles. The molecule has 0 fully saturated rings. The van der Waals surface area contributed by atoms with Gasteiger partial charge in [0.05, 0.1) is 18.4 Å². The van der Waals surface area contributed by atoms with Crippen molar-refractivity contribution in [3.05, 3.63) is 53.1 Å². The van der Waals surface area contributed by atoms with Crippen LogP contribution in [0.4, 0.5) is 18.9 Å². The third-order valence-electron chi connectivity index (χ3n) is 4.44. The highest BCUT2D eigenvalue weighted by molar-refractivity contribution is 7.98. The number of alkyl halides is 3. The first-order valence-electron chi connectivity index (χ1n) is 8.14. The molecule has 3 rings (SSSR count). The summed E-state index contributed by atoms with van der Waals surface area (Å²) in [5.74, 6) is -1.14. The molecule has 1 atom stereocenters. The highest BCUT2D eigenvalue weighted by atomic mass is 32.2. The third kappa shape index (κ3) is 3.47. The fourth-order valence-electron chi connectivity index (χ4n) is 2.69.